The van der Waals surface area contributed by atoms with E-state index < -0.39 is 29.1 Å². The average molecular weight is 503 g/mol. The van der Waals surface area contributed by atoms with Gasteiger partial charge in [0.25, 0.3) is 11.8 Å². The van der Waals surface area contributed by atoms with Crippen molar-refractivity contribution < 1.29 is 27.6 Å². The predicted octanol–water partition coefficient (Wildman–Crippen LogP) is 3.88. The molecule has 1 aliphatic carbocycles. The Morgan fingerprint density at radius 3 is 2.36 bits per heavy atom. The molecule has 7 nitrogen and oxygen atoms in total. The first kappa shape index (κ1) is 25.9. The standard InChI is InChI=1S/C26H29F3N4O3/c1-17-21(7-2-3-10-31-11-13-32(14-12-31)24(35)18-5-4-6-18)25(36)33(23(17)34)20-9-8-19(16-30)22(15-20)26(27,28)29/h8-9,15,18H,2-7,10-14H2,1H3. The van der Waals surface area contributed by atoms with Crippen molar-refractivity contribution in [3.8, 4) is 6.07 Å². The summed E-state index contributed by atoms with van der Waals surface area (Å²) in [6.07, 6.45) is 0.166. The Bertz CT molecular complexity index is 1130. The Hall–Kier alpha value is -3.19. The van der Waals surface area contributed by atoms with E-state index in [0.717, 1.165) is 69.4 Å². The van der Waals surface area contributed by atoms with E-state index in [2.05, 4.69) is 4.90 Å². The van der Waals surface area contributed by atoms with Crippen LogP contribution in [0.5, 0.6) is 0 Å². The van der Waals surface area contributed by atoms with Crippen molar-refractivity contribution in [3.05, 3.63) is 40.5 Å². The number of nitrogens with zero attached hydrogens (tertiary/aromatic N) is 4. The van der Waals surface area contributed by atoms with Gasteiger partial charge in [0, 0.05) is 43.2 Å². The number of amides is 3. The van der Waals surface area contributed by atoms with Crippen molar-refractivity contribution in [1.29, 1.82) is 5.26 Å². The molecule has 1 saturated heterocycles. The Kier molecular flexibility index (Phi) is 7.50. The number of unbranched alkanes of at least 4 members (excludes halogenated alkanes) is 1. The molecule has 2 aliphatic heterocycles. The van der Waals surface area contributed by atoms with Gasteiger partial charge in [0.1, 0.15) is 0 Å². The van der Waals surface area contributed by atoms with E-state index in [0.29, 0.717) is 24.5 Å². The number of anilines is 1. The van der Waals surface area contributed by atoms with Gasteiger partial charge in [0.2, 0.25) is 5.91 Å². The van der Waals surface area contributed by atoms with Crippen LogP contribution in [0, 0.1) is 17.2 Å². The van der Waals surface area contributed by atoms with E-state index >= 15 is 0 Å². The van der Waals surface area contributed by atoms with Crippen molar-refractivity contribution in [1.82, 2.24) is 9.80 Å². The maximum absolute atomic E-state index is 13.4. The van der Waals surface area contributed by atoms with Gasteiger partial charge in [0.15, 0.2) is 0 Å². The van der Waals surface area contributed by atoms with Crippen LogP contribution in [0.1, 0.15) is 56.6 Å². The zero-order valence-corrected chi connectivity index (χ0v) is 20.2. The Morgan fingerprint density at radius 2 is 1.78 bits per heavy atom. The second kappa shape index (κ2) is 10.4. The van der Waals surface area contributed by atoms with Gasteiger partial charge in [-0.05, 0) is 63.8 Å². The van der Waals surface area contributed by atoms with E-state index in [-0.39, 0.29) is 23.1 Å². The van der Waals surface area contributed by atoms with Crippen molar-refractivity contribution in [2.45, 2.75) is 51.6 Å². The number of alkyl halides is 3. The van der Waals surface area contributed by atoms with E-state index in [1.807, 2.05) is 4.90 Å². The fraction of sp³-hybridized carbons (Fsp3) is 0.538. The van der Waals surface area contributed by atoms with Gasteiger partial charge in [-0.25, -0.2) is 4.90 Å². The van der Waals surface area contributed by atoms with E-state index in [4.69, 9.17) is 5.26 Å². The van der Waals surface area contributed by atoms with Crippen LogP contribution in [0.25, 0.3) is 0 Å². The lowest BCUT2D eigenvalue weighted by Crippen LogP contribution is -2.51. The second-order valence-corrected chi connectivity index (χ2v) is 9.64. The summed E-state index contributed by atoms with van der Waals surface area (Å²) in [6.45, 7) is 5.41. The number of piperazine rings is 1. The Balaban J connectivity index is 1.30. The van der Waals surface area contributed by atoms with Gasteiger partial charge >= 0.3 is 6.18 Å². The summed E-state index contributed by atoms with van der Waals surface area (Å²) in [5.74, 6) is -0.760. The number of nitriles is 1. The highest BCUT2D eigenvalue weighted by molar-refractivity contribution is 6.32. The van der Waals surface area contributed by atoms with Gasteiger partial charge in [-0.15, -0.1) is 0 Å². The molecule has 2 heterocycles. The zero-order valence-electron chi connectivity index (χ0n) is 20.2. The number of rotatable bonds is 7. The second-order valence-electron chi connectivity index (χ2n) is 9.64. The summed E-state index contributed by atoms with van der Waals surface area (Å²) < 4.78 is 40.1. The van der Waals surface area contributed by atoms with Crippen LogP contribution < -0.4 is 4.90 Å². The molecule has 0 N–H and O–H groups in total. The first-order chi connectivity index (χ1) is 17.1. The zero-order chi connectivity index (χ0) is 26.0. The lowest BCUT2D eigenvalue weighted by molar-refractivity contribution is -0.140. The molecule has 10 heteroatoms. The fourth-order valence-corrected chi connectivity index (χ4v) is 4.96. The van der Waals surface area contributed by atoms with Gasteiger partial charge in [-0.1, -0.05) is 6.42 Å². The van der Waals surface area contributed by atoms with Crippen LogP contribution in [-0.4, -0.2) is 60.2 Å². The van der Waals surface area contributed by atoms with Crippen LogP contribution in [0.2, 0.25) is 0 Å². The number of carbonyl (C=O) groups is 3. The molecule has 1 aromatic carbocycles. The molecule has 3 amide bonds. The van der Waals surface area contributed by atoms with Crippen molar-refractivity contribution in [2.24, 2.45) is 5.92 Å². The van der Waals surface area contributed by atoms with Crippen LogP contribution in [0.4, 0.5) is 18.9 Å². The quantitative estimate of drug-likeness (QED) is 0.417. The summed E-state index contributed by atoms with van der Waals surface area (Å²) in [6, 6.07) is 4.35. The summed E-state index contributed by atoms with van der Waals surface area (Å²) in [5.41, 5.74) is -1.39. The molecule has 0 spiro atoms. The molecule has 0 radical (unpaired) electrons. The molecule has 0 atom stereocenters. The normalized spacial score (nSPS) is 19.6. The maximum Gasteiger partial charge on any atom is 0.417 e. The number of carbonyl (C=O) groups excluding carboxylic acids is 3. The number of halogens is 3. The number of benzene rings is 1. The van der Waals surface area contributed by atoms with Gasteiger partial charge < -0.3 is 4.90 Å². The molecule has 1 saturated carbocycles. The highest BCUT2D eigenvalue weighted by Gasteiger charge is 2.39. The van der Waals surface area contributed by atoms with E-state index in [9.17, 15) is 27.6 Å². The van der Waals surface area contributed by atoms with Crippen LogP contribution in [-0.2, 0) is 20.6 Å². The van der Waals surface area contributed by atoms with E-state index in [1.165, 1.54) is 19.1 Å². The number of hydrogen-bond donors (Lipinski definition) is 0. The maximum atomic E-state index is 13.4. The third-order valence-electron chi connectivity index (χ3n) is 7.41. The summed E-state index contributed by atoms with van der Waals surface area (Å²) in [7, 11) is 0. The summed E-state index contributed by atoms with van der Waals surface area (Å²) in [4.78, 5) is 43.1. The average Bonchev–Trinajstić information content (AvgIpc) is 3.02. The SMILES string of the molecule is CC1=C(CCCCN2CCN(C(=O)C3CCC3)CC2)C(=O)N(c2ccc(C#N)c(C(F)(F)F)c2)C1=O. The minimum atomic E-state index is -4.78. The molecule has 0 bridgehead atoms. The minimum absolute atomic E-state index is 0.194. The van der Waals surface area contributed by atoms with Gasteiger partial charge in [0.05, 0.1) is 22.9 Å². The number of hydrogen-bond acceptors (Lipinski definition) is 5. The monoisotopic (exact) mass is 502 g/mol. The molecule has 0 aromatic heterocycles. The van der Waals surface area contributed by atoms with E-state index in [1.54, 1.807) is 0 Å². The van der Waals surface area contributed by atoms with Gasteiger partial charge in [-0.3, -0.25) is 19.3 Å². The summed E-state index contributed by atoms with van der Waals surface area (Å²) >= 11 is 0. The Morgan fingerprint density at radius 1 is 1.08 bits per heavy atom. The smallest absolute Gasteiger partial charge is 0.340 e. The van der Waals surface area contributed by atoms with Gasteiger partial charge in [-0.2, -0.15) is 18.4 Å². The van der Waals surface area contributed by atoms with Crippen molar-refractivity contribution in [3.63, 3.8) is 0 Å². The lowest BCUT2D eigenvalue weighted by atomic mass is 9.84. The molecule has 1 aromatic rings. The van der Waals surface area contributed by atoms with Crippen molar-refractivity contribution in [2.75, 3.05) is 37.6 Å². The third-order valence-corrected chi connectivity index (χ3v) is 7.41. The highest BCUT2D eigenvalue weighted by atomic mass is 19.4. The molecule has 192 valence electrons. The van der Waals surface area contributed by atoms with Crippen molar-refractivity contribution >= 4 is 23.4 Å². The Labute approximate surface area is 208 Å². The number of imide groups is 1. The summed E-state index contributed by atoms with van der Waals surface area (Å²) in [5, 5.41) is 8.99. The fourth-order valence-electron chi connectivity index (χ4n) is 4.96. The van der Waals surface area contributed by atoms with Crippen LogP contribution in [0.3, 0.4) is 0 Å². The molecule has 3 aliphatic rings. The topological polar surface area (TPSA) is 84.7 Å². The minimum Gasteiger partial charge on any atom is -0.340 e. The first-order valence-electron chi connectivity index (χ1n) is 12.3. The van der Waals surface area contributed by atoms with Crippen LogP contribution in [0.15, 0.2) is 29.3 Å². The largest absolute Gasteiger partial charge is 0.417 e. The molecular weight excluding hydrogens is 473 g/mol. The lowest BCUT2D eigenvalue weighted by Gasteiger charge is -2.38. The molecular formula is C26H29F3N4O3. The predicted molar refractivity (Wildman–Crippen MR) is 126 cm³/mol. The molecule has 2 fully saturated rings. The molecule has 36 heavy (non-hydrogen) atoms. The molecule has 4 rings (SSSR count). The molecule has 0 unspecified atom stereocenters. The van der Waals surface area contributed by atoms with Crippen LogP contribution >= 0.6 is 0 Å². The first-order valence-corrected chi connectivity index (χ1v) is 12.3. The third kappa shape index (κ3) is 5.16. The highest BCUT2D eigenvalue weighted by Crippen LogP contribution is 2.37.